The molecule has 4 aromatic rings. The van der Waals surface area contributed by atoms with Crippen LogP contribution in [0.25, 0.3) is 10.9 Å². The maximum absolute atomic E-state index is 10.7. The van der Waals surface area contributed by atoms with Crippen LogP contribution >= 0.6 is 23.4 Å². The minimum absolute atomic E-state index is 0.455. The number of pyridine rings is 1. The summed E-state index contributed by atoms with van der Waals surface area (Å²) in [6.45, 7) is 3.77. The molecule has 0 spiro atoms. The van der Waals surface area contributed by atoms with E-state index < -0.39 is 5.60 Å². The molecular weight excluding hydrogens is 494 g/mol. The summed E-state index contributed by atoms with van der Waals surface area (Å²) in [5, 5.41) is 13.0. The summed E-state index contributed by atoms with van der Waals surface area (Å²) in [7, 11) is 0. The Hall–Kier alpha value is -2.33. The van der Waals surface area contributed by atoms with Gasteiger partial charge in [-0.1, -0.05) is 72.3 Å². The van der Waals surface area contributed by atoms with E-state index in [-0.39, 0.29) is 0 Å². The van der Waals surface area contributed by atoms with Crippen LogP contribution in [0.5, 0.6) is 0 Å². The topological polar surface area (TPSA) is 33.1 Å². The molecule has 1 aliphatic carbocycles. The molecule has 1 N–H and O–H groups in total. The van der Waals surface area contributed by atoms with Gasteiger partial charge in [-0.15, -0.1) is 0 Å². The fourth-order valence-corrected chi connectivity index (χ4v) is 6.63. The Bertz CT molecular complexity index is 1360. The van der Waals surface area contributed by atoms with Gasteiger partial charge in [0.05, 0.1) is 11.1 Å². The molecule has 1 fully saturated rings. The molecule has 0 aliphatic heterocycles. The molecule has 192 valence electrons. The molecule has 5 rings (SSSR count). The fraction of sp³-hybridized carbons (Fsp3) is 0.364. The van der Waals surface area contributed by atoms with Crippen LogP contribution in [0.3, 0.4) is 0 Å². The first kappa shape index (κ1) is 26.3. The number of aryl methyl sites for hydroxylation is 3. The minimum Gasteiger partial charge on any atom is -0.386 e. The molecule has 0 radical (unpaired) electrons. The van der Waals surface area contributed by atoms with Crippen LogP contribution in [0.1, 0.15) is 66.3 Å². The van der Waals surface area contributed by atoms with Crippen LogP contribution < -0.4 is 0 Å². The molecule has 1 aromatic heterocycles. The van der Waals surface area contributed by atoms with Gasteiger partial charge in [-0.25, -0.2) is 0 Å². The first-order valence-electron chi connectivity index (χ1n) is 13.4. The number of rotatable bonds is 11. The summed E-state index contributed by atoms with van der Waals surface area (Å²) in [6.07, 6.45) is 6.67. The van der Waals surface area contributed by atoms with Crippen LogP contribution in [0.2, 0.25) is 5.02 Å². The van der Waals surface area contributed by atoms with E-state index in [0.717, 1.165) is 58.8 Å². The smallest absolute Gasteiger partial charge is 0.0843 e. The van der Waals surface area contributed by atoms with Crippen LogP contribution in [-0.4, -0.2) is 15.8 Å². The van der Waals surface area contributed by atoms with Crippen LogP contribution in [0.4, 0.5) is 0 Å². The summed E-state index contributed by atoms with van der Waals surface area (Å²) < 4.78 is 0. The van der Waals surface area contributed by atoms with Gasteiger partial charge in [0.15, 0.2) is 0 Å². The van der Waals surface area contributed by atoms with Crippen molar-refractivity contribution in [3.63, 3.8) is 0 Å². The van der Waals surface area contributed by atoms with Crippen molar-refractivity contribution in [2.75, 3.05) is 5.75 Å². The maximum Gasteiger partial charge on any atom is 0.0843 e. The lowest BCUT2D eigenvalue weighted by atomic mass is 9.90. The molecule has 2 nitrogen and oxygen atoms in total. The van der Waals surface area contributed by atoms with Gasteiger partial charge >= 0.3 is 0 Å². The van der Waals surface area contributed by atoms with Crippen molar-refractivity contribution in [1.82, 2.24) is 4.98 Å². The quantitative estimate of drug-likeness (QED) is 0.211. The number of hydrogen-bond acceptors (Lipinski definition) is 3. The first-order valence-corrected chi connectivity index (χ1v) is 14.8. The second kappa shape index (κ2) is 11.6. The second-order valence-corrected chi connectivity index (χ2v) is 12.6. The summed E-state index contributed by atoms with van der Waals surface area (Å²) in [6, 6.07) is 27.7. The standard InChI is InChI=1S/C33H36ClNOS/c1-33(2,36)30-9-4-3-7-25(30)15-19-32(37-22-24-10-11-24)27-8-5-6-23(20-27)12-17-29-18-14-26-13-16-28(34)21-31(26)35-29/h3-9,13-14,16,18,20-21,24,32,36H,10-12,15,17,19,22H2,1-2H3/t32-/m1/s1. The molecule has 0 amide bonds. The summed E-state index contributed by atoms with van der Waals surface area (Å²) in [4.78, 5) is 4.85. The highest BCUT2D eigenvalue weighted by Gasteiger charge is 2.25. The zero-order valence-electron chi connectivity index (χ0n) is 21.8. The van der Waals surface area contributed by atoms with Crippen molar-refractivity contribution in [3.05, 3.63) is 112 Å². The Balaban J connectivity index is 1.29. The molecular formula is C33H36ClNOS. The first-order chi connectivity index (χ1) is 17.8. The molecule has 3 aromatic carbocycles. The predicted octanol–water partition coefficient (Wildman–Crippen LogP) is 8.72. The zero-order valence-corrected chi connectivity index (χ0v) is 23.4. The number of aliphatic hydroxyl groups is 1. The number of fused-ring (bicyclic) bond motifs is 1. The van der Waals surface area contributed by atoms with Gasteiger partial charge in [0.2, 0.25) is 0 Å². The van der Waals surface area contributed by atoms with E-state index in [1.54, 1.807) is 0 Å². The largest absolute Gasteiger partial charge is 0.386 e. The number of thioether (sulfide) groups is 1. The number of aromatic nitrogens is 1. The van der Waals surface area contributed by atoms with E-state index in [1.165, 1.54) is 35.3 Å². The maximum atomic E-state index is 10.7. The van der Waals surface area contributed by atoms with Crippen LogP contribution in [0.15, 0.2) is 78.9 Å². The highest BCUT2D eigenvalue weighted by molar-refractivity contribution is 7.99. The molecule has 1 saturated carbocycles. The highest BCUT2D eigenvalue weighted by Crippen LogP contribution is 2.41. The average molecular weight is 530 g/mol. The Labute approximate surface area is 230 Å². The van der Waals surface area contributed by atoms with Crippen molar-refractivity contribution in [1.29, 1.82) is 0 Å². The third-order valence-electron chi connectivity index (χ3n) is 7.29. The molecule has 1 atom stereocenters. The lowest BCUT2D eigenvalue weighted by molar-refractivity contribution is 0.0776. The lowest BCUT2D eigenvalue weighted by Gasteiger charge is -2.23. The van der Waals surface area contributed by atoms with Gasteiger partial charge in [-0.2, -0.15) is 11.8 Å². The predicted molar refractivity (Wildman–Crippen MR) is 159 cm³/mol. The lowest BCUT2D eigenvalue weighted by Crippen LogP contribution is -2.18. The van der Waals surface area contributed by atoms with Crippen molar-refractivity contribution < 1.29 is 5.11 Å². The van der Waals surface area contributed by atoms with E-state index >= 15 is 0 Å². The van der Waals surface area contributed by atoms with E-state index in [4.69, 9.17) is 16.6 Å². The van der Waals surface area contributed by atoms with Crippen LogP contribution in [-0.2, 0) is 24.9 Å². The van der Waals surface area contributed by atoms with Crippen molar-refractivity contribution in [2.45, 2.75) is 63.2 Å². The van der Waals surface area contributed by atoms with Gasteiger partial charge in [0.1, 0.15) is 0 Å². The van der Waals surface area contributed by atoms with E-state index in [2.05, 4.69) is 66.4 Å². The molecule has 4 heteroatoms. The number of nitrogens with zero attached hydrogens (tertiary/aromatic N) is 1. The SMILES string of the molecule is CC(C)(O)c1ccccc1CC[C@@H](SCC1CC1)c1cccc(CCc2ccc3ccc(Cl)cc3n2)c1. The molecule has 0 saturated heterocycles. The van der Waals surface area contributed by atoms with E-state index in [1.807, 2.05) is 38.1 Å². The van der Waals surface area contributed by atoms with Crippen molar-refractivity contribution in [3.8, 4) is 0 Å². The Kier molecular flexibility index (Phi) is 8.24. The van der Waals surface area contributed by atoms with E-state index in [9.17, 15) is 5.11 Å². The van der Waals surface area contributed by atoms with Gasteiger partial charge in [-0.05, 0) is 104 Å². The van der Waals surface area contributed by atoms with Gasteiger partial charge in [-0.3, -0.25) is 4.98 Å². The summed E-state index contributed by atoms with van der Waals surface area (Å²) in [5.41, 5.74) is 6.31. The van der Waals surface area contributed by atoms with Crippen LogP contribution in [0, 0.1) is 5.92 Å². The third-order valence-corrected chi connectivity index (χ3v) is 9.10. The highest BCUT2D eigenvalue weighted by atomic mass is 35.5. The number of hydrogen-bond donors (Lipinski definition) is 1. The average Bonchev–Trinajstić information content (AvgIpc) is 3.72. The summed E-state index contributed by atoms with van der Waals surface area (Å²) in [5.74, 6) is 2.14. The normalized spacial score (nSPS) is 14.7. The second-order valence-electron chi connectivity index (χ2n) is 10.9. The zero-order chi connectivity index (χ0) is 25.8. The Morgan fingerprint density at radius 2 is 1.76 bits per heavy atom. The molecule has 0 unspecified atom stereocenters. The van der Waals surface area contributed by atoms with E-state index in [0.29, 0.717) is 5.25 Å². The minimum atomic E-state index is -0.824. The summed E-state index contributed by atoms with van der Waals surface area (Å²) >= 11 is 8.30. The Morgan fingerprint density at radius 1 is 0.946 bits per heavy atom. The molecule has 1 aliphatic rings. The van der Waals surface area contributed by atoms with Crippen molar-refractivity contribution >= 4 is 34.3 Å². The molecule has 1 heterocycles. The van der Waals surface area contributed by atoms with Gasteiger partial charge < -0.3 is 5.11 Å². The number of benzene rings is 3. The van der Waals surface area contributed by atoms with Crippen molar-refractivity contribution in [2.24, 2.45) is 5.92 Å². The molecule has 0 bridgehead atoms. The monoisotopic (exact) mass is 529 g/mol. The van der Waals surface area contributed by atoms with Gasteiger partial charge in [0.25, 0.3) is 0 Å². The fourth-order valence-electron chi connectivity index (χ4n) is 5.00. The third kappa shape index (κ3) is 7.16. The molecule has 37 heavy (non-hydrogen) atoms. The number of halogens is 1. The Morgan fingerprint density at radius 3 is 2.57 bits per heavy atom. The van der Waals surface area contributed by atoms with Gasteiger partial charge in [0, 0.05) is 21.4 Å².